The van der Waals surface area contributed by atoms with Crippen molar-refractivity contribution in [3.63, 3.8) is 0 Å². The van der Waals surface area contributed by atoms with E-state index in [1.54, 1.807) is 6.92 Å². The first-order valence-corrected chi connectivity index (χ1v) is 5.54. The molecule has 80 valence electrons. The summed E-state index contributed by atoms with van der Waals surface area (Å²) in [4.78, 5) is 10.8. The highest BCUT2D eigenvalue weighted by Gasteiger charge is 2.59. The first-order valence-electron chi connectivity index (χ1n) is 5.54. The highest BCUT2D eigenvalue weighted by Crippen LogP contribution is 2.42. The van der Waals surface area contributed by atoms with Crippen LogP contribution in [0.3, 0.4) is 0 Å². The van der Waals surface area contributed by atoms with E-state index >= 15 is 0 Å². The van der Waals surface area contributed by atoms with Crippen LogP contribution in [0, 0.1) is 5.92 Å². The molecule has 0 bridgehead atoms. The van der Waals surface area contributed by atoms with Gasteiger partial charge in [0.2, 0.25) is 0 Å². The number of carboxylic acid groups (broad SMARTS) is 1. The van der Waals surface area contributed by atoms with Crippen LogP contribution >= 0.6 is 0 Å². The molecule has 1 saturated heterocycles. The predicted octanol–water partition coefficient (Wildman–Crippen LogP) is 2.20. The molecule has 3 nitrogen and oxygen atoms in total. The van der Waals surface area contributed by atoms with E-state index in [1.807, 2.05) is 0 Å². The lowest BCUT2D eigenvalue weighted by Gasteiger charge is -2.20. The number of ether oxygens (including phenoxy) is 1. The molecule has 1 aliphatic heterocycles. The third-order valence-corrected chi connectivity index (χ3v) is 3.64. The Morgan fingerprint density at radius 1 is 1.43 bits per heavy atom. The van der Waals surface area contributed by atoms with Crippen LogP contribution in [0.25, 0.3) is 0 Å². The zero-order chi connectivity index (χ0) is 10.2. The molecule has 2 fully saturated rings. The van der Waals surface area contributed by atoms with Crippen molar-refractivity contribution in [1.82, 2.24) is 0 Å². The number of epoxide rings is 1. The zero-order valence-corrected chi connectivity index (χ0v) is 8.66. The maximum Gasteiger partial charge on any atom is 0.338 e. The Bertz CT molecular complexity index is 233. The Balaban J connectivity index is 1.80. The standard InChI is InChI=1S/C11H18O3/c1-11(10(12)13)9(14-11)7-8-5-3-2-4-6-8/h8-9H,2-7H2,1H3,(H,12,13). The molecule has 2 rings (SSSR count). The van der Waals surface area contributed by atoms with Gasteiger partial charge in [-0.1, -0.05) is 32.1 Å². The summed E-state index contributed by atoms with van der Waals surface area (Å²) in [6.07, 6.45) is 7.40. The van der Waals surface area contributed by atoms with Gasteiger partial charge >= 0.3 is 5.97 Å². The van der Waals surface area contributed by atoms with Gasteiger partial charge in [-0.15, -0.1) is 0 Å². The van der Waals surface area contributed by atoms with E-state index in [9.17, 15) is 4.79 Å². The smallest absolute Gasteiger partial charge is 0.338 e. The molecule has 1 aliphatic carbocycles. The fourth-order valence-corrected chi connectivity index (χ4v) is 2.45. The van der Waals surface area contributed by atoms with Gasteiger partial charge in [-0.25, -0.2) is 4.79 Å². The van der Waals surface area contributed by atoms with Gasteiger partial charge in [-0.3, -0.25) is 0 Å². The van der Waals surface area contributed by atoms with E-state index in [4.69, 9.17) is 9.84 Å². The molecule has 14 heavy (non-hydrogen) atoms. The molecule has 1 saturated carbocycles. The summed E-state index contributed by atoms with van der Waals surface area (Å²) < 4.78 is 5.27. The van der Waals surface area contributed by atoms with Crippen molar-refractivity contribution >= 4 is 5.97 Å². The number of hydrogen-bond acceptors (Lipinski definition) is 2. The van der Waals surface area contributed by atoms with Crippen molar-refractivity contribution < 1.29 is 14.6 Å². The first kappa shape index (κ1) is 9.97. The van der Waals surface area contributed by atoms with Crippen molar-refractivity contribution in [2.75, 3.05) is 0 Å². The number of rotatable bonds is 3. The molecule has 0 amide bonds. The van der Waals surface area contributed by atoms with Crippen LogP contribution in [0.4, 0.5) is 0 Å². The van der Waals surface area contributed by atoms with Crippen LogP contribution in [0.1, 0.15) is 45.4 Å². The topological polar surface area (TPSA) is 49.8 Å². The molecule has 2 aliphatic rings. The number of hydrogen-bond donors (Lipinski definition) is 1. The van der Waals surface area contributed by atoms with Crippen LogP contribution < -0.4 is 0 Å². The van der Waals surface area contributed by atoms with Gasteiger partial charge < -0.3 is 9.84 Å². The van der Waals surface area contributed by atoms with Gasteiger partial charge in [-0.2, -0.15) is 0 Å². The monoisotopic (exact) mass is 198 g/mol. The summed E-state index contributed by atoms with van der Waals surface area (Å²) in [6.45, 7) is 1.68. The maximum atomic E-state index is 10.8. The first-order chi connectivity index (χ1) is 6.63. The average molecular weight is 198 g/mol. The Labute approximate surface area is 84.4 Å². The fraction of sp³-hybridized carbons (Fsp3) is 0.909. The Kier molecular flexibility index (Phi) is 2.52. The van der Waals surface area contributed by atoms with E-state index < -0.39 is 11.6 Å². The molecule has 1 heterocycles. The fourth-order valence-electron chi connectivity index (χ4n) is 2.45. The van der Waals surface area contributed by atoms with Gasteiger partial charge in [0.15, 0.2) is 5.60 Å². The van der Waals surface area contributed by atoms with Crippen molar-refractivity contribution in [2.45, 2.75) is 57.2 Å². The third-order valence-electron chi connectivity index (χ3n) is 3.64. The minimum Gasteiger partial charge on any atom is -0.479 e. The summed E-state index contributed by atoms with van der Waals surface area (Å²) in [6, 6.07) is 0. The lowest BCUT2D eigenvalue weighted by molar-refractivity contribution is -0.142. The van der Waals surface area contributed by atoms with E-state index in [1.165, 1.54) is 32.1 Å². The number of aliphatic carboxylic acids is 1. The second kappa shape index (κ2) is 3.54. The average Bonchev–Trinajstić information content (AvgIpc) is 2.80. The largest absolute Gasteiger partial charge is 0.479 e. The van der Waals surface area contributed by atoms with E-state index in [2.05, 4.69) is 0 Å². The van der Waals surface area contributed by atoms with Gasteiger partial charge in [0.25, 0.3) is 0 Å². The van der Waals surface area contributed by atoms with Crippen molar-refractivity contribution in [3.8, 4) is 0 Å². The lowest BCUT2D eigenvalue weighted by atomic mass is 9.84. The van der Waals surface area contributed by atoms with E-state index in [-0.39, 0.29) is 6.10 Å². The van der Waals surface area contributed by atoms with Crippen LogP contribution in [0.2, 0.25) is 0 Å². The minimum absolute atomic E-state index is 0.0249. The summed E-state index contributed by atoms with van der Waals surface area (Å²) in [7, 11) is 0. The SMILES string of the molecule is CC1(C(=O)O)OC1CC1CCCCC1. The summed E-state index contributed by atoms with van der Waals surface area (Å²) in [5.41, 5.74) is -0.864. The predicted molar refractivity (Wildman–Crippen MR) is 52.1 cm³/mol. The molecule has 2 atom stereocenters. The molecule has 3 heteroatoms. The molecule has 0 aromatic heterocycles. The van der Waals surface area contributed by atoms with Crippen molar-refractivity contribution in [3.05, 3.63) is 0 Å². The second-order valence-electron chi connectivity index (χ2n) is 4.76. The van der Waals surface area contributed by atoms with Crippen LogP contribution in [-0.2, 0) is 9.53 Å². The van der Waals surface area contributed by atoms with E-state index in [0.717, 1.165) is 6.42 Å². The Morgan fingerprint density at radius 3 is 2.57 bits per heavy atom. The number of carboxylic acids is 1. The molecule has 0 radical (unpaired) electrons. The Morgan fingerprint density at radius 2 is 2.07 bits per heavy atom. The van der Waals surface area contributed by atoms with E-state index in [0.29, 0.717) is 5.92 Å². The summed E-state index contributed by atoms with van der Waals surface area (Å²) in [5.74, 6) is -0.103. The minimum atomic E-state index is -0.864. The molecule has 0 aromatic rings. The van der Waals surface area contributed by atoms with Gasteiger partial charge in [-0.05, 0) is 19.3 Å². The molecule has 1 N–H and O–H groups in total. The Hall–Kier alpha value is -0.570. The van der Waals surface area contributed by atoms with Gasteiger partial charge in [0.1, 0.15) is 0 Å². The van der Waals surface area contributed by atoms with Gasteiger partial charge in [0.05, 0.1) is 6.10 Å². The third kappa shape index (κ3) is 1.78. The molecule has 2 unspecified atom stereocenters. The zero-order valence-electron chi connectivity index (χ0n) is 8.66. The normalized spacial score (nSPS) is 38.2. The molecular formula is C11H18O3. The number of carbonyl (C=O) groups is 1. The molecule has 0 aromatic carbocycles. The van der Waals surface area contributed by atoms with Gasteiger partial charge in [0, 0.05) is 0 Å². The highest BCUT2D eigenvalue weighted by atomic mass is 16.6. The van der Waals surface area contributed by atoms with Crippen LogP contribution in [-0.4, -0.2) is 22.8 Å². The quantitative estimate of drug-likeness (QED) is 0.707. The van der Waals surface area contributed by atoms with Crippen LogP contribution in [0.15, 0.2) is 0 Å². The molecule has 0 spiro atoms. The summed E-state index contributed by atoms with van der Waals surface area (Å²) in [5, 5.41) is 8.89. The van der Waals surface area contributed by atoms with Crippen molar-refractivity contribution in [2.24, 2.45) is 5.92 Å². The van der Waals surface area contributed by atoms with Crippen molar-refractivity contribution in [1.29, 1.82) is 0 Å². The molecular weight excluding hydrogens is 180 g/mol. The summed E-state index contributed by atoms with van der Waals surface area (Å²) >= 11 is 0. The maximum absolute atomic E-state index is 10.8. The lowest BCUT2D eigenvalue weighted by Crippen LogP contribution is -2.24. The highest BCUT2D eigenvalue weighted by molar-refractivity contribution is 5.80. The van der Waals surface area contributed by atoms with Crippen LogP contribution in [0.5, 0.6) is 0 Å². The second-order valence-corrected chi connectivity index (χ2v) is 4.76.